The fraction of sp³-hybridized carbons (Fsp3) is 0.372. The lowest BCUT2D eigenvalue weighted by molar-refractivity contribution is -0.136. The Balaban J connectivity index is 0.940. The summed E-state index contributed by atoms with van der Waals surface area (Å²) >= 11 is 6.69. The number of carbonyl (C=O) groups excluding carboxylic acids is 5. The highest BCUT2D eigenvalue weighted by molar-refractivity contribution is 6.33. The number of nitrogens with zero attached hydrogens (tertiary/aromatic N) is 8. The molecule has 1 atom stereocenters. The summed E-state index contributed by atoms with van der Waals surface area (Å²) < 4.78 is 33.9. The minimum absolute atomic E-state index is 0.0104. The summed E-state index contributed by atoms with van der Waals surface area (Å²) in [5.41, 5.74) is 6.11. The minimum atomic E-state index is -2.78. The SMILES string of the molecule is CC(=O)N1CCc2c(c(N3CCCc4cc(-c5cc6nccn6cc5Cl)c(C(F)F)cc43)nn2C2CCN(c3ccc4c(c3)C(=O)N(C3CCC(=O)NC3=O)C4=O)CC2)C1. The van der Waals surface area contributed by atoms with E-state index in [0.29, 0.717) is 91.7 Å². The number of carbonyl (C=O) groups is 5. The topological polar surface area (TPSA) is 145 Å². The number of fused-ring (bicyclic) bond motifs is 4. The van der Waals surface area contributed by atoms with Crippen LogP contribution in [0, 0.1) is 0 Å². The van der Waals surface area contributed by atoms with Crippen molar-refractivity contribution in [3.05, 3.63) is 93.5 Å². The minimum Gasteiger partial charge on any atom is -0.371 e. The van der Waals surface area contributed by atoms with E-state index in [-0.39, 0.29) is 41.5 Å². The molecule has 308 valence electrons. The molecular weight excluding hydrogens is 796 g/mol. The van der Waals surface area contributed by atoms with Gasteiger partial charge in [0.05, 0.1) is 28.7 Å². The molecule has 14 nitrogen and oxygen atoms in total. The molecule has 60 heavy (non-hydrogen) atoms. The second-order valence-corrected chi connectivity index (χ2v) is 16.5. The summed E-state index contributed by atoms with van der Waals surface area (Å²) in [7, 11) is 0. The Morgan fingerprint density at radius 2 is 1.70 bits per heavy atom. The quantitative estimate of drug-likeness (QED) is 0.203. The fourth-order valence-corrected chi connectivity index (χ4v) is 9.93. The molecule has 2 fully saturated rings. The number of rotatable bonds is 6. The van der Waals surface area contributed by atoms with Gasteiger partial charge in [-0.3, -0.25) is 38.9 Å². The van der Waals surface area contributed by atoms with Crippen LogP contribution < -0.4 is 15.1 Å². The maximum atomic E-state index is 15.0. The van der Waals surface area contributed by atoms with E-state index in [9.17, 15) is 24.0 Å². The van der Waals surface area contributed by atoms with Gasteiger partial charge < -0.3 is 19.1 Å². The molecule has 8 heterocycles. The molecule has 5 aliphatic rings. The summed E-state index contributed by atoms with van der Waals surface area (Å²) in [6.45, 7) is 4.29. The van der Waals surface area contributed by atoms with Crippen molar-refractivity contribution in [1.82, 2.24) is 34.3 Å². The van der Waals surface area contributed by atoms with Crippen molar-refractivity contribution in [3.63, 3.8) is 0 Å². The van der Waals surface area contributed by atoms with Gasteiger partial charge in [-0.15, -0.1) is 0 Å². The van der Waals surface area contributed by atoms with Gasteiger partial charge in [0.25, 0.3) is 18.2 Å². The Morgan fingerprint density at radius 1 is 0.900 bits per heavy atom. The Labute approximate surface area is 347 Å². The molecule has 0 radical (unpaired) electrons. The van der Waals surface area contributed by atoms with E-state index in [4.69, 9.17) is 16.7 Å². The first kappa shape index (κ1) is 38.1. The van der Waals surface area contributed by atoms with Gasteiger partial charge in [0.2, 0.25) is 17.7 Å². The Kier molecular flexibility index (Phi) is 9.22. The van der Waals surface area contributed by atoms with Crippen LogP contribution in [0.2, 0.25) is 5.02 Å². The number of hydrogen-bond donors (Lipinski definition) is 1. The zero-order valence-electron chi connectivity index (χ0n) is 32.7. The molecule has 1 N–H and O–H groups in total. The molecule has 3 aromatic heterocycles. The first-order valence-corrected chi connectivity index (χ1v) is 20.6. The number of anilines is 3. The zero-order chi connectivity index (χ0) is 41.6. The van der Waals surface area contributed by atoms with Crippen molar-refractivity contribution in [1.29, 1.82) is 0 Å². The molecule has 0 spiro atoms. The number of pyridine rings is 1. The highest BCUT2D eigenvalue weighted by Crippen LogP contribution is 2.45. The number of hydrogen-bond acceptors (Lipinski definition) is 9. The molecule has 5 amide bonds. The number of imide groups is 2. The molecule has 2 aromatic carbocycles. The molecule has 0 saturated carbocycles. The Hall–Kier alpha value is -6.16. The Bertz CT molecular complexity index is 2670. The second-order valence-electron chi connectivity index (χ2n) is 16.1. The summed E-state index contributed by atoms with van der Waals surface area (Å²) in [5, 5.41) is 7.85. The number of alkyl halides is 2. The fourth-order valence-electron chi connectivity index (χ4n) is 9.66. The molecule has 10 rings (SSSR count). The zero-order valence-corrected chi connectivity index (χ0v) is 33.4. The number of benzene rings is 2. The van der Waals surface area contributed by atoms with Crippen LogP contribution >= 0.6 is 11.6 Å². The van der Waals surface area contributed by atoms with Crippen molar-refractivity contribution in [2.75, 3.05) is 36.0 Å². The average molecular weight is 836 g/mol. The standard InChI is InChI=1S/C43H40ClF2N9O5/c1-23(56)51-15-10-34-32(21-51)40(53-12-2-3-24-17-28(30(39(45)46)19-36(24)53)29-20-37-47-11-16-52(37)22-33(29)44)49-55(34)25-8-13-50(14-9-25)26-4-5-27-31(18-26)43(60)54(42(27)59)35-6-7-38(57)48-41(35)58/h4-5,11,16-20,22,25,35,39H,2-3,6-10,12-15,21H2,1H3,(H,48,57,58). The van der Waals surface area contributed by atoms with Crippen LogP contribution in [-0.4, -0.2) is 90.7 Å². The maximum Gasteiger partial charge on any atom is 0.264 e. The first-order chi connectivity index (χ1) is 28.9. The molecule has 5 aliphatic heterocycles. The lowest BCUT2D eigenvalue weighted by Crippen LogP contribution is -2.54. The van der Waals surface area contributed by atoms with Crippen molar-refractivity contribution in [3.8, 4) is 11.1 Å². The summed E-state index contributed by atoms with van der Waals surface area (Å²) in [6, 6.07) is 9.28. The molecule has 17 heteroatoms. The number of nitrogens with one attached hydrogen (secondary N) is 1. The van der Waals surface area contributed by atoms with Crippen molar-refractivity contribution >= 4 is 64.0 Å². The van der Waals surface area contributed by atoms with Gasteiger partial charge in [0.15, 0.2) is 5.82 Å². The van der Waals surface area contributed by atoms with Gasteiger partial charge in [-0.2, -0.15) is 5.10 Å². The number of halogens is 3. The van der Waals surface area contributed by atoms with Gasteiger partial charge >= 0.3 is 0 Å². The van der Waals surface area contributed by atoms with Crippen LogP contribution in [-0.2, 0) is 33.8 Å². The number of aromatic nitrogens is 4. The highest BCUT2D eigenvalue weighted by atomic mass is 35.5. The van der Waals surface area contributed by atoms with E-state index in [1.165, 1.54) is 0 Å². The second kappa shape index (κ2) is 14.5. The molecule has 0 aliphatic carbocycles. The first-order valence-electron chi connectivity index (χ1n) is 20.3. The van der Waals surface area contributed by atoms with Gasteiger partial charge in [0, 0.05) is 98.3 Å². The van der Waals surface area contributed by atoms with Gasteiger partial charge in [-0.25, -0.2) is 13.8 Å². The molecule has 1 unspecified atom stereocenters. The smallest absolute Gasteiger partial charge is 0.264 e. The van der Waals surface area contributed by atoms with E-state index >= 15 is 8.78 Å². The van der Waals surface area contributed by atoms with Crippen LogP contribution in [0.25, 0.3) is 16.8 Å². The lowest BCUT2D eigenvalue weighted by Gasteiger charge is -2.35. The third-order valence-electron chi connectivity index (χ3n) is 12.7. The highest BCUT2D eigenvalue weighted by Gasteiger charge is 2.45. The van der Waals surface area contributed by atoms with Crippen molar-refractivity contribution in [2.24, 2.45) is 0 Å². The third kappa shape index (κ3) is 6.21. The summed E-state index contributed by atoms with van der Waals surface area (Å²) in [4.78, 5) is 75.1. The van der Waals surface area contributed by atoms with Gasteiger partial charge in [-0.1, -0.05) is 11.6 Å². The average Bonchev–Trinajstić information content (AvgIpc) is 3.93. The van der Waals surface area contributed by atoms with E-state index in [2.05, 4.69) is 19.9 Å². The van der Waals surface area contributed by atoms with Crippen LogP contribution in [0.3, 0.4) is 0 Å². The lowest BCUT2D eigenvalue weighted by atomic mass is 9.92. The molecule has 5 aromatic rings. The van der Waals surface area contributed by atoms with Gasteiger partial charge in [-0.05, 0) is 79.6 Å². The number of piperidine rings is 2. The summed E-state index contributed by atoms with van der Waals surface area (Å²) in [5.74, 6) is -1.54. The number of aryl methyl sites for hydroxylation is 1. The predicted molar refractivity (Wildman–Crippen MR) is 217 cm³/mol. The monoisotopic (exact) mass is 835 g/mol. The van der Waals surface area contributed by atoms with E-state index in [1.807, 2.05) is 17.0 Å². The van der Waals surface area contributed by atoms with Crippen LogP contribution in [0.1, 0.15) is 94.6 Å². The third-order valence-corrected chi connectivity index (χ3v) is 13.0. The predicted octanol–water partition coefficient (Wildman–Crippen LogP) is 6.02. The molecule has 0 bridgehead atoms. The van der Waals surface area contributed by atoms with Crippen molar-refractivity contribution in [2.45, 2.75) is 76.9 Å². The molecule has 2 saturated heterocycles. The largest absolute Gasteiger partial charge is 0.371 e. The van der Waals surface area contributed by atoms with E-state index in [0.717, 1.165) is 33.8 Å². The maximum absolute atomic E-state index is 15.0. The number of imidazole rings is 1. The van der Waals surface area contributed by atoms with Gasteiger partial charge in [0.1, 0.15) is 11.7 Å². The summed E-state index contributed by atoms with van der Waals surface area (Å²) in [6.07, 6.45) is 5.91. The van der Waals surface area contributed by atoms with Crippen LogP contribution in [0.15, 0.2) is 55.0 Å². The van der Waals surface area contributed by atoms with E-state index in [1.54, 1.807) is 59.1 Å². The van der Waals surface area contributed by atoms with Crippen LogP contribution in [0.4, 0.5) is 26.0 Å². The van der Waals surface area contributed by atoms with Crippen molar-refractivity contribution < 1.29 is 32.8 Å². The Morgan fingerprint density at radius 3 is 2.47 bits per heavy atom. The van der Waals surface area contributed by atoms with E-state index < -0.39 is 36.1 Å². The number of amides is 5. The normalized spacial score (nSPS) is 19.6. The molecular formula is C43H40ClF2N9O5. The van der Waals surface area contributed by atoms with Crippen LogP contribution in [0.5, 0.6) is 0 Å².